The molecule has 0 atom stereocenters. The highest BCUT2D eigenvalue weighted by molar-refractivity contribution is 8.55. The number of rotatable bonds is 7. The van der Waals surface area contributed by atoms with Gasteiger partial charge in [-0.2, -0.15) is 0 Å². The minimum Gasteiger partial charge on any atom is -0.358 e. The van der Waals surface area contributed by atoms with Gasteiger partial charge < -0.3 is 14.4 Å². The zero-order valence-corrected chi connectivity index (χ0v) is 10.3. The summed E-state index contributed by atoms with van der Waals surface area (Å²) >= 11 is 0.905. The van der Waals surface area contributed by atoms with Crippen LogP contribution in [-0.4, -0.2) is 31.9 Å². The summed E-state index contributed by atoms with van der Waals surface area (Å²) < 4.78 is 21.7. The van der Waals surface area contributed by atoms with Crippen LogP contribution in [0, 0.1) is 0 Å². The summed E-state index contributed by atoms with van der Waals surface area (Å²) in [4.78, 5) is 10.9. The molecule has 0 aromatic rings. The van der Waals surface area contributed by atoms with Crippen molar-refractivity contribution in [1.29, 1.82) is 0 Å². The summed E-state index contributed by atoms with van der Waals surface area (Å²) in [5.41, 5.74) is 0. The molecule has 1 amide bonds. The normalized spacial score (nSPS) is 11.4. The van der Waals surface area contributed by atoms with E-state index in [1.165, 1.54) is 7.05 Å². The zero-order chi connectivity index (χ0) is 11.0. The van der Waals surface area contributed by atoms with E-state index in [4.69, 9.17) is 9.05 Å². The van der Waals surface area contributed by atoms with E-state index >= 15 is 0 Å². The van der Waals surface area contributed by atoms with Crippen LogP contribution in [0.1, 0.15) is 13.8 Å². The first-order valence-electron chi connectivity index (χ1n) is 4.32. The summed E-state index contributed by atoms with van der Waals surface area (Å²) in [6.07, 6.45) is 0. The molecule has 0 heterocycles. The maximum Gasteiger partial charge on any atom is 0.389 e. The molecule has 0 saturated heterocycles. The molecule has 0 aliphatic rings. The molecule has 14 heavy (non-hydrogen) atoms. The van der Waals surface area contributed by atoms with E-state index in [0.717, 1.165) is 11.4 Å². The Morgan fingerprint density at radius 3 is 2.21 bits per heavy atom. The van der Waals surface area contributed by atoms with Crippen LogP contribution in [-0.2, 0) is 18.4 Å². The van der Waals surface area contributed by atoms with Crippen LogP contribution < -0.4 is 5.32 Å². The predicted molar refractivity (Wildman–Crippen MR) is 57.4 cm³/mol. The Hall–Kier alpha value is -0.0300. The summed E-state index contributed by atoms with van der Waals surface area (Å²) in [7, 11) is 1.52. The van der Waals surface area contributed by atoms with E-state index in [9.17, 15) is 9.36 Å². The molecule has 0 aromatic carbocycles. The SMILES string of the molecule is CCOP(=O)(OCC)SCC(=O)NC. The lowest BCUT2D eigenvalue weighted by atomic mass is 10.7. The van der Waals surface area contributed by atoms with E-state index < -0.39 is 6.80 Å². The largest absolute Gasteiger partial charge is 0.389 e. The molecule has 0 bridgehead atoms. The molecule has 0 radical (unpaired) electrons. The van der Waals surface area contributed by atoms with Crippen LogP contribution in [0.4, 0.5) is 0 Å². The van der Waals surface area contributed by atoms with Gasteiger partial charge in [0.1, 0.15) is 0 Å². The van der Waals surface area contributed by atoms with Crippen LogP contribution in [0.15, 0.2) is 0 Å². The number of nitrogens with one attached hydrogen (secondary N) is 1. The van der Waals surface area contributed by atoms with Gasteiger partial charge in [-0.05, 0) is 25.2 Å². The minimum atomic E-state index is -3.13. The van der Waals surface area contributed by atoms with Gasteiger partial charge in [0, 0.05) is 7.05 Å². The van der Waals surface area contributed by atoms with Gasteiger partial charge in [-0.3, -0.25) is 4.79 Å². The number of carbonyl (C=O) groups excluding carboxylic acids is 1. The highest BCUT2D eigenvalue weighted by Crippen LogP contribution is 2.60. The third kappa shape index (κ3) is 5.65. The van der Waals surface area contributed by atoms with E-state index in [0.29, 0.717) is 13.2 Å². The van der Waals surface area contributed by atoms with E-state index in [1.807, 2.05) is 0 Å². The molecular formula is C7H16NO4PS. The third-order valence-electron chi connectivity index (χ3n) is 1.21. The molecule has 7 heteroatoms. The topological polar surface area (TPSA) is 64.6 Å². The number of carbonyl (C=O) groups is 1. The quantitative estimate of drug-likeness (QED) is 0.686. The fourth-order valence-corrected chi connectivity index (χ4v) is 3.82. The standard InChI is InChI=1S/C7H16NO4PS/c1-4-11-13(10,12-5-2)14-6-7(9)8-3/h4-6H2,1-3H3,(H,8,9). The van der Waals surface area contributed by atoms with Crippen molar-refractivity contribution >= 4 is 24.1 Å². The van der Waals surface area contributed by atoms with Crippen molar-refractivity contribution in [2.45, 2.75) is 13.8 Å². The first kappa shape index (κ1) is 14.0. The second-order valence-corrected chi connectivity index (χ2v) is 6.30. The molecule has 0 spiro atoms. The maximum absolute atomic E-state index is 11.8. The second-order valence-electron chi connectivity index (χ2n) is 2.23. The predicted octanol–water partition coefficient (Wildman–Crippen LogP) is 1.65. The Kier molecular flexibility index (Phi) is 7.27. The molecule has 1 N–H and O–H groups in total. The van der Waals surface area contributed by atoms with E-state index in [2.05, 4.69) is 5.32 Å². The summed E-state index contributed by atoms with van der Waals surface area (Å²) in [6.45, 7) is 0.933. The van der Waals surface area contributed by atoms with Gasteiger partial charge in [-0.1, -0.05) is 0 Å². The summed E-state index contributed by atoms with van der Waals surface area (Å²) in [5, 5.41) is 2.43. The van der Waals surface area contributed by atoms with Crippen LogP contribution in [0.3, 0.4) is 0 Å². The number of amides is 1. The molecule has 0 rings (SSSR count). The average Bonchev–Trinajstić information content (AvgIpc) is 2.15. The van der Waals surface area contributed by atoms with Crippen LogP contribution >= 0.6 is 18.2 Å². The van der Waals surface area contributed by atoms with Crippen molar-refractivity contribution in [3.8, 4) is 0 Å². The van der Waals surface area contributed by atoms with Crippen LogP contribution in [0.25, 0.3) is 0 Å². The van der Waals surface area contributed by atoms with Gasteiger partial charge in [-0.15, -0.1) is 0 Å². The fourth-order valence-electron chi connectivity index (χ4n) is 0.638. The minimum absolute atomic E-state index is 0.0772. The van der Waals surface area contributed by atoms with Crippen molar-refractivity contribution in [3.63, 3.8) is 0 Å². The van der Waals surface area contributed by atoms with E-state index in [-0.39, 0.29) is 11.7 Å². The van der Waals surface area contributed by atoms with Gasteiger partial charge >= 0.3 is 6.80 Å². The Labute approximate surface area is 88.2 Å². The summed E-state index contributed by atoms with van der Waals surface area (Å²) in [6, 6.07) is 0. The van der Waals surface area contributed by atoms with Crippen LogP contribution in [0.2, 0.25) is 0 Å². The highest BCUT2D eigenvalue weighted by atomic mass is 32.7. The monoisotopic (exact) mass is 241 g/mol. The van der Waals surface area contributed by atoms with Crippen molar-refractivity contribution in [1.82, 2.24) is 5.32 Å². The third-order valence-corrected chi connectivity index (χ3v) is 5.03. The molecule has 0 saturated carbocycles. The molecule has 0 aliphatic carbocycles. The lowest BCUT2D eigenvalue weighted by Gasteiger charge is -2.14. The van der Waals surface area contributed by atoms with Gasteiger partial charge in [-0.25, -0.2) is 4.57 Å². The lowest BCUT2D eigenvalue weighted by Crippen LogP contribution is -2.19. The fraction of sp³-hybridized carbons (Fsp3) is 0.857. The van der Waals surface area contributed by atoms with Crippen molar-refractivity contribution < 1.29 is 18.4 Å². The average molecular weight is 241 g/mol. The van der Waals surface area contributed by atoms with Gasteiger partial charge in [0.25, 0.3) is 0 Å². The second kappa shape index (κ2) is 7.29. The molecule has 0 unspecified atom stereocenters. The number of hydrogen-bond donors (Lipinski definition) is 1. The highest BCUT2D eigenvalue weighted by Gasteiger charge is 2.25. The van der Waals surface area contributed by atoms with Crippen molar-refractivity contribution in [2.24, 2.45) is 0 Å². The smallest absolute Gasteiger partial charge is 0.358 e. The first-order valence-corrected chi connectivity index (χ1v) is 7.45. The van der Waals surface area contributed by atoms with Crippen molar-refractivity contribution in [3.05, 3.63) is 0 Å². The molecule has 5 nitrogen and oxygen atoms in total. The molecule has 0 fully saturated rings. The first-order chi connectivity index (χ1) is 6.58. The molecule has 84 valence electrons. The zero-order valence-electron chi connectivity index (χ0n) is 8.61. The van der Waals surface area contributed by atoms with Gasteiger partial charge in [0.05, 0.1) is 19.0 Å². The van der Waals surface area contributed by atoms with E-state index in [1.54, 1.807) is 13.8 Å². The molecule has 0 aliphatic heterocycles. The lowest BCUT2D eigenvalue weighted by molar-refractivity contribution is -0.118. The Morgan fingerprint density at radius 2 is 1.86 bits per heavy atom. The molecular weight excluding hydrogens is 225 g/mol. The van der Waals surface area contributed by atoms with Crippen molar-refractivity contribution in [2.75, 3.05) is 26.0 Å². The Morgan fingerprint density at radius 1 is 1.36 bits per heavy atom. The Bertz CT molecular complexity index is 214. The summed E-state index contributed by atoms with van der Waals surface area (Å²) in [5.74, 6) is -0.122. The number of hydrogen-bond acceptors (Lipinski definition) is 5. The van der Waals surface area contributed by atoms with Crippen LogP contribution in [0.5, 0.6) is 0 Å². The van der Waals surface area contributed by atoms with Gasteiger partial charge in [0.15, 0.2) is 0 Å². The maximum atomic E-state index is 11.8. The molecule has 0 aromatic heterocycles. The van der Waals surface area contributed by atoms with Gasteiger partial charge in [0.2, 0.25) is 5.91 Å². The Balaban J connectivity index is 4.08.